The summed E-state index contributed by atoms with van der Waals surface area (Å²) in [6, 6.07) is 0. The number of esters is 2. The molecule has 0 saturated carbocycles. The fourth-order valence-corrected chi connectivity index (χ4v) is 9.70. The van der Waals surface area contributed by atoms with Gasteiger partial charge in [-0.25, -0.2) is 0 Å². The highest BCUT2D eigenvalue weighted by atomic mass is 16.5. The molecule has 0 amide bonds. The molecule has 0 unspecified atom stereocenters. The lowest BCUT2D eigenvalue weighted by atomic mass is 9.91. The predicted molar refractivity (Wildman–Crippen MR) is 265 cm³/mol. The topological polar surface area (TPSA) is 59.1 Å². The molecular formula is C55H108N2O4. The van der Waals surface area contributed by atoms with Crippen LogP contribution >= 0.6 is 0 Å². The molecule has 61 heavy (non-hydrogen) atoms. The second kappa shape index (κ2) is 45.4. The van der Waals surface area contributed by atoms with Crippen LogP contribution < -0.4 is 0 Å². The van der Waals surface area contributed by atoms with Crippen LogP contribution in [0.4, 0.5) is 0 Å². The van der Waals surface area contributed by atoms with Crippen LogP contribution in [0, 0.1) is 11.8 Å². The summed E-state index contributed by atoms with van der Waals surface area (Å²) in [7, 11) is 0. The Bertz CT molecular complexity index is 838. The van der Waals surface area contributed by atoms with Gasteiger partial charge in [0.15, 0.2) is 0 Å². The van der Waals surface area contributed by atoms with E-state index >= 15 is 0 Å². The van der Waals surface area contributed by atoms with Crippen molar-refractivity contribution in [2.75, 3.05) is 52.5 Å². The quantitative estimate of drug-likeness (QED) is 0.0449. The second-order valence-corrected chi connectivity index (χ2v) is 19.6. The third-order valence-electron chi connectivity index (χ3n) is 13.8. The highest BCUT2D eigenvalue weighted by molar-refractivity contribution is 5.69. The Balaban J connectivity index is 2.20. The van der Waals surface area contributed by atoms with Crippen LogP contribution in [0.15, 0.2) is 0 Å². The molecule has 0 aliphatic carbocycles. The van der Waals surface area contributed by atoms with Gasteiger partial charge < -0.3 is 19.3 Å². The summed E-state index contributed by atoms with van der Waals surface area (Å²) in [4.78, 5) is 30.3. The van der Waals surface area contributed by atoms with Crippen LogP contribution in [0.5, 0.6) is 0 Å². The minimum Gasteiger partial charge on any atom is -0.466 e. The molecule has 0 aromatic heterocycles. The highest BCUT2D eigenvalue weighted by Crippen LogP contribution is 2.24. The number of ether oxygens (including phenoxy) is 2. The maximum Gasteiger partial charge on any atom is 0.305 e. The van der Waals surface area contributed by atoms with Crippen molar-refractivity contribution in [3.63, 3.8) is 0 Å². The number of carbonyl (C=O) groups excluding carboxylic acids is 2. The monoisotopic (exact) mass is 861 g/mol. The molecule has 1 saturated heterocycles. The van der Waals surface area contributed by atoms with Crippen LogP contribution in [0.2, 0.25) is 0 Å². The Morgan fingerprint density at radius 1 is 0.410 bits per heavy atom. The van der Waals surface area contributed by atoms with Crippen molar-refractivity contribution >= 4 is 11.9 Å². The Labute approximate surface area is 382 Å². The number of nitrogens with zero attached hydrogens (tertiary/aromatic N) is 2. The zero-order chi connectivity index (χ0) is 44.1. The molecule has 0 spiro atoms. The van der Waals surface area contributed by atoms with E-state index in [1.165, 1.54) is 238 Å². The van der Waals surface area contributed by atoms with Crippen LogP contribution in [0.25, 0.3) is 0 Å². The molecule has 0 aromatic carbocycles. The lowest BCUT2D eigenvalue weighted by molar-refractivity contribution is -0.144. The van der Waals surface area contributed by atoms with Crippen molar-refractivity contribution in [2.24, 2.45) is 11.8 Å². The van der Waals surface area contributed by atoms with E-state index in [0.29, 0.717) is 26.1 Å². The number of rotatable bonds is 48. The molecule has 0 N–H and O–H groups in total. The van der Waals surface area contributed by atoms with Gasteiger partial charge in [-0.3, -0.25) is 9.59 Å². The van der Waals surface area contributed by atoms with Gasteiger partial charge in [0.2, 0.25) is 0 Å². The zero-order valence-corrected chi connectivity index (χ0v) is 41.9. The van der Waals surface area contributed by atoms with E-state index in [4.69, 9.17) is 9.47 Å². The van der Waals surface area contributed by atoms with Crippen molar-refractivity contribution in [1.82, 2.24) is 9.80 Å². The average Bonchev–Trinajstić information content (AvgIpc) is 3.79. The molecule has 1 aliphatic rings. The lowest BCUT2D eigenvalue weighted by Crippen LogP contribution is -2.30. The van der Waals surface area contributed by atoms with Crippen LogP contribution in [-0.2, 0) is 19.1 Å². The van der Waals surface area contributed by atoms with Crippen molar-refractivity contribution in [2.45, 2.75) is 278 Å². The highest BCUT2D eigenvalue weighted by Gasteiger charge is 2.14. The lowest BCUT2D eigenvalue weighted by Gasteiger charge is -2.24. The summed E-state index contributed by atoms with van der Waals surface area (Å²) in [6.45, 7) is 17.8. The summed E-state index contributed by atoms with van der Waals surface area (Å²) in [6.07, 6.45) is 48.4. The van der Waals surface area contributed by atoms with Gasteiger partial charge in [-0.05, 0) is 122 Å². The van der Waals surface area contributed by atoms with Gasteiger partial charge in [0, 0.05) is 12.8 Å². The van der Waals surface area contributed by atoms with E-state index < -0.39 is 0 Å². The molecule has 362 valence electrons. The number of hydrogen-bond acceptors (Lipinski definition) is 6. The molecule has 1 aliphatic heterocycles. The number of carbonyl (C=O) groups is 2. The van der Waals surface area contributed by atoms with Crippen molar-refractivity contribution < 1.29 is 19.1 Å². The molecule has 6 heteroatoms. The molecule has 0 atom stereocenters. The Hall–Kier alpha value is -1.14. The van der Waals surface area contributed by atoms with Crippen molar-refractivity contribution in [3.8, 4) is 0 Å². The zero-order valence-electron chi connectivity index (χ0n) is 41.9. The van der Waals surface area contributed by atoms with E-state index in [1.807, 2.05) is 0 Å². The number of likely N-dealkylation sites (tertiary alicyclic amines) is 1. The summed E-state index contributed by atoms with van der Waals surface area (Å²) >= 11 is 0. The van der Waals surface area contributed by atoms with Gasteiger partial charge in [-0.2, -0.15) is 0 Å². The first-order chi connectivity index (χ1) is 30.0. The SMILES string of the molecule is CCCCCCC(CCCCCC)CCCOC(=O)CCCCCCCN(CCCCCCCC(=O)OCCCC(CCCCCC)CCCCCC)CCCN1CCCC1. The van der Waals surface area contributed by atoms with Gasteiger partial charge in [0.25, 0.3) is 0 Å². The Morgan fingerprint density at radius 3 is 1.13 bits per heavy atom. The molecule has 6 nitrogen and oxygen atoms in total. The normalized spacial score (nSPS) is 13.4. The molecule has 1 heterocycles. The molecule has 1 fully saturated rings. The van der Waals surface area contributed by atoms with Crippen molar-refractivity contribution in [1.29, 1.82) is 0 Å². The molecule has 0 radical (unpaired) electrons. The summed E-state index contributed by atoms with van der Waals surface area (Å²) in [5.74, 6) is 1.66. The second-order valence-electron chi connectivity index (χ2n) is 19.6. The standard InChI is InChI=1S/C55H108N2O4/c1-5-9-13-23-36-52(37-24-14-10-6-2)40-33-50-60-54(58)42-27-19-17-21-29-44-56(48-35-49-57-46-31-32-47-57)45-30-22-18-20-28-43-55(59)61-51-34-41-53(38-25-15-11-7-3)39-26-16-12-8-4/h52-53H,5-51H2,1-4H3. The van der Waals surface area contributed by atoms with E-state index in [0.717, 1.165) is 50.4 Å². The minimum absolute atomic E-state index is 0.0157. The first kappa shape index (κ1) is 57.9. The molecule has 0 aromatic rings. The van der Waals surface area contributed by atoms with E-state index in [9.17, 15) is 9.59 Å². The largest absolute Gasteiger partial charge is 0.466 e. The van der Waals surface area contributed by atoms with Gasteiger partial charge in [-0.15, -0.1) is 0 Å². The summed E-state index contributed by atoms with van der Waals surface area (Å²) in [5, 5.41) is 0. The Kier molecular flexibility index (Phi) is 43.1. The van der Waals surface area contributed by atoms with Crippen LogP contribution in [0.1, 0.15) is 278 Å². The van der Waals surface area contributed by atoms with Gasteiger partial charge in [-0.1, -0.05) is 195 Å². The third-order valence-corrected chi connectivity index (χ3v) is 13.8. The minimum atomic E-state index is 0.0157. The smallest absolute Gasteiger partial charge is 0.305 e. The number of hydrogen-bond donors (Lipinski definition) is 0. The maximum atomic E-state index is 12.5. The van der Waals surface area contributed by atoms with E-state index in [-0.39, 0.29) is 11.9 Å². The summed E-state index contributed by atoms with van der Waals surface area (Å²) < 4.78 is 11.3. The first-order valence-corrected chi connectivity index (χ1v) is 27.8. The van der Waals surface area contributed by atoms with Gasteiger partial charge >= 0.3 is 11.9 Å². The number of unbranched alkanes of at least 4 members (excludes halogenated alkanes) is 20. The maximum absolute atomic E-state index is 12.5. The molecule has 0 bridgehead atoms. The van der Waals surface area contributed by atoms with Gasteiger partial charge in [0.1, 0.15) is 0 Å². The predicted octanol–water partition coefficient (Wildman–Crippen LogP) is 16.2. The van der Waals surface area contributed by atoms with Gasteiger partial charge in [0.05, 0.1) is 13.2 Å². The average molecular weight is 861 g/mol. The summed E-state index contributed by atoms with van der Waals surface area (Å²) in [5.41, 5.74) is 0. The Morgan fingerprint density at radius 2 is 0.738 bits per heavy atom. The van der Waals surface area contributed by atoms with Crippen LogP contribution in [0.3, 0.4) is 0 Å². The van der Waals surface area contributed by atoms with E-state index in [1.54, 1.807) is 0 Å². The van der Waals surface area contributed by atoms with Crippen molar-refractivity contribution in [3.05, 3.63) is 0 Å². The third kappa shape index (κ3) is 39.0. The first-order valence-electron chi connectivity index (χ1n) is 27.8. The van der Waals surface area contributed by atoms with Crippen LogP contribution in [-0.4, -0.2) is 74.2 Å². The molecule has 1 rings (SSSR count). The van der Waals surface area contributed by atoms with E-state index in [2.05, 4.69) is 37.5 Å². The fraction of sp³-hybridized carbons (Fsp3) is 0.964. The fourth-order valence-electron chi connectivity index (χ4n) is 9.70. The molecular weight excluding hydrogens is 753 g/mol.